The van der Waals surface area contributed by atoms with Gasteiger partial charge in [0.15, 0.2) is 0 Å². The Morgan fingerprint density at radius 2 is 2.31 bits per heavy atom. The van der Waals surface area contributed by atoms with E-state index in [9.17, 15) is 4.79 Å². The molecule has 0 aliphatic rings. The molecule has 0 radical (unpaired) electrons. The first-order valence-corrected chi connectivity index (χ1v) is 6.55. The number of carbonyl (C=O) groups is 1. The third kappa shape index (κ3) is 9.83. The molecule has 1 atom stereocenters. The Balaban J connectivity index is 3.26. The average molecular weight is 220 g/mol. The molecule has 0 aliphatic carbocycles. The summed E-state index contributed by atoms with van der Waals surface area (Å²) >= 11 is 0. The third-order valence-corrected chi connectivity index (χ3v) is 4.06. The van der Waals surface area contributed by atoms with Gasteiger partial charge in [-0.05, 0) is 17.9 Å². The van der Waals surface area contributed by atoms with Gasteiger partial charge in [-0.3, -0.25) is 4.79 Å². The van der Waals surface area contributed by atoms with Crippen LogP contribution in [0.5, 0.6) is 0 Å². The van der Waals surface area contributed by atoms with Gasteiger partial charge in [0.1, 0.15) is 6.61 Å². The van der Waals surface area contributed by atoms with Crippen LogP contribution in [0.4, 0.5) is 0 Å². The topological polar surface area (TPSA) is 26.3 Å². The van der Waals surface area contributed by atoms with Gasteiger partial charge in [0.2, 0.25) is 0 Å². The molecule has 0 N–H and O–H groups in total. The van der Waals surface area contributed by atoms with Crippen LogP contribution in [-0.2, 0) is 9.53 Å². The summed E-state index contributed by atoms with van der Waals surface area (Å²) in [4.78, 5) is 10.4. The Bertz CT molecular complexity index is 169. The molecule has 0 heterocycles. The van der Waals surface area contributed by atoms with Crippen molar-refractivity contribution >= 4 is 27.6 Å². The lowest BCUT2D eigenvalue weighted by Gasteiger charge is -2.02. The fourth-order valence-corrected chi connectivity index (χ4v) is 2.39. The smallest absolute Gasteiger partial charge is 0.302 e. The van der Waals surface area contributed by atoms with Gasteiger partial charge in [0, 0.05) is 12.2 Å². The number of carbonyl (C=O) groups excluding carboxylic acids is 1. The van der Waals surface area contributed by atoms with E-state index in [1.54, 1.807) is 10.8 Å². The van der Waals surface area contributed by atoms with Crippen LogP contribution in [-0.4, -0.2) is 17.8 Å². The van der Waals surface area contributed by atoms with E-state index in [1.165, 1.54) is 13.3 Å². The van der Waals surface area contributed by atoms with E-state index in [4.69, 9.17) is 4.74 Å². The van der Waals surface area contributed by atoms with E-state index < -0.39 is 0 Å². The van der Waals surface area contributed by atoms with Crippen molar-refractivity contribution in [3.05, 3.63) is 11.5 Å². The highest BCUT2D eigenvalue weighted by Crippen LogP contribution is 2.28. The molecular weight excluding hydrogens is 204 g/mol. The lowest BCUT2D eigenvalue weighted by molar-refractivity contribution is -0.139. The van der Waals surface area contributed by atoms with Gasteiger partial charge >= 0.3 is 5.97 Å². The Hall–Kier alpha value is -0.0900. The molecule has 0 aromatic heterocycles. The molecule has 0 amide bonds. The molecule has 0 aromatic carbocycles. The largest absolute Gasteiger partial charge is 0.462 e. The first kappa shape index (κ1) is 12.9. The minimum absolute atomic E-state index is 0.232. The van der Waals surface area contributed by atoms with Crippen LogP contribution in [0.2, 0.25) is 0 Å². The van der Waals surface area contributed by atoms with Gasteiger partial charge in [-0.1, -0.05) is 35.4 Å². The van der Waals surface area contributed by atoms with E-state index in [0.29, 0.717) is 11.9 Å². The van der Waals surface area contributed by atoms with E-state index >= 15 is 0 Å². The summed E-state index contributed by atoms with van der Waals surface area (Å²) in [5.41, 5.74) is 0. The molecule has 0 saturated carbocycles. The van der Waals surface area contributed by atoms with Crippen molar-refractivity contribution in [1.29, 1.82) is 0 Å². The van der Waals surface area contributed by atoms with Crippen LogP contribution in [0.25, 0.3) is 0 Å². The molecule has 0 aromatic rings. The summed E-state index contributed by atoms with van der Waals surface area (Å²) in [7, 11) is 3.51. The average Bonchev–Trinajstić information content (AvgIpc) is 2.10. The lowest BCUT2D eigenvalue weighted by Crippen LogP contribution is -1.96. The van der Waals surface area contributed by atoms with Crippen LogP contribution >= 0.6 is 21.6 Å². The molecule has 0 saturated heterocycles. The predicted molar refractivity (Wildman–Crippen MR) is 60.7 cm³/mol. The first-order chi connectivity index (χ1) is 6.16. The van der Waals surface area contributed by atoms with Gasteiger partial charge in [-0.2, -0.15) is 0 Å². The van der Waals surface area contributed by atoms with Crippen LogP contribution < -0.4 is 0 Å². The normalized spacial score (nSPS) is 13.2. The standard InChI is InChI=1S/C9H16O2S2/c1-4-8(2)13-12-7-5-6-11-9(3)10/h5,7-8H,4,6H2,1-3H3/b7-5+/t8-/m1/s1. The zero-order valence-electron chi connectivity index (χ0n) is 8.28. The van der Waals surface area contributed by atoms with Gasteiger partial charge in [-0.25, -0.2) is 0 Å². The minimum atomic E-state index is -0.232. The number of rotatable bonds is 6. The van der Waals surface area contributed by atoms with Crippen molar-refractivity contribution in [2.75, 3.05) is 6.61 Å². The summed E-state index contributed by atoms with van der Waals surface area (Å²) < 4.78 is 4.73. The Morgan fingerprint density at radius 1 is 1.62 bits per heavy atom. The maximum absolute atomic E-state index is 10.4. The summed E-state index contributed by atoms with van der Waals surface area (Å²) in [6.45, 7) is 6.15. The zero-order chi connectivity index (χ0) is 10.1. The summed E-state index contributed by atoms with van der Waals surface area (Å²) in [6.07, 6.45) is 3.02. The number of esters is 1. The van der Waals surface area contributed by atoms with Gasteiger partial charge < -0.3 is 4.74 Å². The van der Waals surface area contributed by atoms with Crippen molar-refractivity contribution in [2.24, 2.45) is 0 Å². The van der Waals surface area contributed by atoms with Crippen molar-refractivity contribution in [3.63, 3.8) is 0 Å². The van der Waals surface area contributed by atoms with Gasteiger partial charge in [-0.15, -0.1) is 0 Å². The first-order valence-electron chi connectivity index (χ1n) is 4.27. The Labute approximate surface area is 87.9 Å². The molecule has 76 valence electrons. The summed E-state index contributed by atoms with van der Waals surface area (Å²) in [5.74, 6) is -0.232. The SMILES string of the molecule is CC[C@@H](C)SS/C=C/COC(C)=O. The van der Waals surface area contributed by atoms with E-state index in [1.807, 2.05) is 22.3 Å². The second-order valence-corrected chi connectivity index (χ2v) is 5.20. The number of hydrogen-bond acceptors (Lipinski definition) is 4. The highest BCUT2D eigenvalue weighted by molar-refractivity contribution is 8.78. The predicted octanol–water partition coefficient (Wildman–Crippen LogP) is 3.24. The fourth-order valence-electron chi connectivity index (χ4n) is 0.439. The third-order valence-electron chi connectivity index (χ3n) is 1.33. The van der Waals surface area contributed by atoms with Crippen molar-refractivity contribution in [1.82, 2.24) is 0 Å². The van der Waals surface area contributed by atoms with Crippen LogP contribution in [0.1, 0.15) is 27.2 Å². The second-order valence-electron chi connectivity index (χ2n) is 2.59. The van der Waals surface area contributed by atoms with E-state index in [2.05, 4.69) is 13.8 Å². The monoisotopic (exact) mass is 220 g/mol. The molecule has 0 bridgehead atoms. The van der Waals surface area contributed by atoms with E-state index in [-0.39, 0.29) is 5.97 Å². The molecule has 4 heteroatoms. The van der Waals surface area contributed by atoms with Crippen LogP contribution in [0.3, 0.4) is 0 Å². The fraction of sp³-hybridized carbons (Fsp3) is 0.667. The Morgan fingerprint density at radius 3 is 2.85 bits per heavy atom. The molecule has 0 unspecified atom stereocenters. The summed E-state index contributed by atoms with van der Waals surface area (Å²) in [6, 6.07) is 0. The quantitative estimate of drug-likeness (QED) is 0.507. The van der Waals surface area contributed by atoms with Crippen LogP contribution in [0.15, 0.2) is 11.5 Å². The van der Waals surface area contributed by atoms with Crippen molar-refractivity contribution < 1.29 is 9.53 Å². The van der Waals surface area contributed by atoms with Crippen LogP contribution in [0, 0.1) is 0 Å². The second kappa shape index (κ2) is 8.51. The molecular formula is C9H16O2S2. The molecule has 2 nitrogen and oxygen atoms in total. The van der Waals surface area contributed by atoms with Crippen molar-refractivity contribution in [3.8, 4) is 0 Å². The Kier molecular flexibility index (Phi) is 8.45. The minimum Gasteiger partial charge on any atom is -0.462 e. The molecule has 13 heavy (non-hydrogen) atoms. The summed E-state index contributed by atoms with van der Waals surface area (Å²) in [5, 5.41) is 2.63. The zero-order valence-corrected chi connectivity index (χ0v) is 9.91. The highest BCUT2D eigenvalue weighted by Gasteiger charge is 1.96. The molecule has 0 rings (SSSR count). The number of hydrogen-bond donors (Lipinski definition) is 0. The number of ether oxygens (including phenoxy) is 1. The van der Waals surface area contributed by atoms with Gasteiger partial charge in [0.25, 0.3) is 0 Å². The van der Waals surface area contributed by atoms with Gasteiger partial charge in [0.05, 0.1) is 0 Å². The maximum Gasteiger partial charge on any atom is 0.302 e. The highest BCUT2D eigenvalue weighted by atomic mass is 33.1. The molecule has 0 spiro atoms. The van der Waals surface area contributed by atoms with E-state index in [0.717, 1.165) is 0 Å². The maximum atomic E-state index is 10.4. The molecule has 0 aliphatic heterocycles. The van der Waals surface area contributed by atoms with Crippen molar-refractivity contribution in [2.45, 2.75) is 32.4 Å². The lowest BCUT2D eigenvalue weighted by atomic mass is 10.4. The molecule has 0 fully saturated rings.